The van der Waals surface area contributed by atoms with Gasteiger partial charge in [0.15, 0.2) is 5.82 Å². The van der Waals surface area contributed by atoms with Gasteiger partial charge in [-0.3, -0.25) is 14.5 Å². The van der Waals surface area contributed by atoms with E-state index in [-0.39, 0.29) is 23.6 Å². The van der Waals surface area contributed by atoms with Gasteiger partial charge >= 0.3 is 0 Å². The predicted octanol–water partition coefficient (Wildman–Crippen LogP) is 3.39. The molecule has 0 saturated heterocycles. The summed E-state index contributed by atoms with van der Waals surface area (Å²) in [5.74, 6) is 0.114. The number of hydrogen-bond donors (Lipinski definition) is 1. The molecule has 0 aromatic carbocycles. The average Bonchev–Trinajstić information content (AvgIpc) is 2.63. The zero-order valence-electron chi connectivity index (χ0n) is 17.0. The van der Waals surface area contributed by atoms with Gasteiger partial charge in [0.2, 0.25) is 6.41 Å². The van der Waals surface area contributed by atoms with Gasteiger partial charge in [0.1, 0.15) is 6.33 Å². The van der Waals surface area contributed by atoms with Crippen LogP contribution in [-0.4, -0.2) is 34.3 Å². The molecule has 7 heteroatoms. The number of aryl methyl sites for hydroxylation is 2. The third-order valence-electron chi connectivity index (χ3n) is 4.46. The minimum Gasteiger partial charge on any atom is -0.355 e. The molecule has 1 N–H and O–H groups in total. The van der Waals surface area contributed by atoms with Crippen LogP contribution in [0.25, 0.3) is 0 Å². The highest BCUT2D eigenvalue weighted by Crippen LogP contribution is 2.36. The number of carbonyl (C=O) groups is 2. The number of nitrogens with zero attached hydrogens (tertiary/aromatic N) is 4. The van der Waals surface area contributed by atoms with E-state index in [1.54, 1.807) is 13.1 Å². The molecule has 0 fully saturated rings. The molecule has 2 aromatic heterocycles. The van der Waals surface area contributed by atoms with E-state index in [1.165, 1.54) is 11.2 Å². The van der Waals surface area contributed by atoms with E-state index in [1.807, 2.05) is 41.5 Å². The lowest BCUT2D eigenvalue weighted by Crippen LogP contribution is -2.27. The van der Waals surface area contributed by atoms with Crippen molar-refractivity contribution in [2.45, 2.75) is 53.4 Å². The summed E-state index contributed by atoms with van der Waals surface area (Å²) >= 11 is 0. The van der Waals surface area contributed by atoms with Crippen LogP contribution in [0.4, 0.5) is 11.5 Å². The lowest BCUT2D eigenvalue weighted by atomic mass is 10.0. The summed E-state index contributed by atoms with van der Waals surface area (Å²) in [5, 5.41) is 2.62. The van der Waals surface area contributed by atoms with Crippen molar-refractivity contribution in [1.29, 1.82) is 0 Å². The first-order valence-corrected chi connectivity index (χ1v) is 9.02. The van der Waals surface area contributed by atoms with Crippen molar-refractivity contribution in [2.24, 2.45) is 0 Å². The predicted molar refractivity (Wildman–Crippen MR) is 106 cm³/mol. The first kappa shape index (κ1) is 20.5. The van der Waals surface area contributed by atoms with E-state index in [0.717, 1.165) is 22.6 Å². The Bertz CT molecular complexity index is 835. The molecule has 2 aromatic rings. The van der Waals surface area contributed by atoms with Crippen LogP contribution in [0.5, 0.6) is 0 Å². The maximum absolute atomic E-state index is 12.5. The number of anilines is 2. The second-order valence-electron chi connectivity index (χ2n) is 7.12. The molecule has 0 saturated carbocycles. The van der Waals surface area contributed by atoms with Gasteiger partial charge in [0, 0.05) is 12.7 Å². The first-order valence-electron chi connectivity index (χ1n) is 9.02. The molecule has 0 spiro atoms. The molecule has 0 aliphatic carbocycles. The van der Waals surface area contributed by atoms with E-state index >= 15 is 0 Å². The van der Waals surface area contributed by atoms with Crippen LogP contribution in [-0.2, 0) is 4.79 Å². The first-order chi connectivity index (χ1) is 12.7. The molecule has 2 amide bonds. The molecule has 0 aliphatic rings. The summed E-state index contributed by atoms with van der Waals surface area (Å²) in [6, 6.07) is 1.75. The van der Waals surface area contributed by atoms with Crippen molar-refractivity contribution in [3.05, 3.63) is 40.6 Å². The third-order valence-corrected chi connectivity index (χ3v) is 4.46. The number of rotatable bonds is 6. The third kappa shape index (κ3) is 3.97. The summed E-state index contributed by atoms with van der Waals surface area (Å²) in [5.41, 5.74) is 4.03. The number of nitrogens with one attached hydrogen (secondary N) is 1. The monoisotopic (exact) mass is 369 g/mol. The van der Waals surface area contributed by atoms with Gasteiger partial charge in [-0.15, -0.1) is 0 Å². The van der Waals surface area contributed by atoms with E-state index in [9.17, 15) is 9.59 Å². The fraction of sp³-hybridized carbons (Fsp3) is 0.450. The van der Waals surface area contributed by atoms with Crippen LogP contribution in [0, 0.1) is 13.8 Å². The maximum atomic E-state index is 12.5. The maximum Gasteiger partial charge on any atom is 0.254 e. The van der Waals surface area contributed by atoms with Crippen molar-refractivity contribution in [3.8, 4) is 0 Å². The summed E-state index contributed by atoms with van der Waals surface area (Å²) in [4.78, 5) is 39.5. The van der Waals surface area contributed by atoms with Gasteiger partial charge < -0.3 is 5.32 Å². The van der Waals surface area contributed by atoms with Gasteiger partial charge in [-0.05, 0) is 37.3 Å². The Morgan fingerprint density at radius 2 is 1.67 bits per heavy atom. The Morgan fingerprint density at radius 1 is 1.11 bits per heavy atom. The molecule has 27 heavy (non-hydrogen) atoms. The summed E-state index contributed by atoms with van der Waals surface area (Å²) < 4.78 is 0. The van der Waals surface area contributed by atoms with E-state index < -0.39 is 0 Å². The highest BCUT2D eigenvalue weighted by atomic mass is 16.2. The van der Waals surface area contributed by atoms with Gasteiger partial charge in [-0.25, -0.2) is 15.0 Å². The van der Waals surface area contributed by atoms with E-state index in [0.29, 0.717) is 17.7 Å². The van der Waals surface area contributed by atoms with Crippen LogP contribution in [0.2, 0.25) is 0 Å². The number of carbonyl (C=O) groups excluding carboxylic acids is 2. The zero-order valence-corrected chi connectivity index (χ0v) is 17.0. The fourth-order valence-corrected chi connectivity index (χ4v) is 2.89. The second kappa shape index (κ2) is 8.24. The Balaban J connectivity index is 2.85. The smallest absolute Gasteiger partial charge is 0.254 e. The number of hydrogen-bond acceptors (Lipinski definition) is 5. The number of pyridine rings is 1. The molecular formula is C20H27N5O2. The Morgan fingerprint density at radius 3 is 2.11 bits per heavy atom. The molecule has 0 aliphatic heterocycles. The van der Waals surface area contributed by atoms with Crippen molar-refractivity contribution in [2.75, 3.05) is 11.9 Å². The quantitative estimate of drug-likeness (QED) is 0.789. The van der Waals surface area contributed by atoms with Crippen LogP contribution in [0.1, 0.15) is 72.5 Å². The number of aromatic nitrogens is 3. The van der Waals surface area contributed by atoms with Gasteiger partial charge in [-0.2, -0.15) is 0 Å². The molecule has 0 bridgehead atoms. The molecule has 7 nitrogen and oxygen atoms in total. The van der Waals surface area contributed by atoms with Crippen molar-refractivity contribution < 1.29 is 9.59 Å². The summed E-state index contributed by atoms with van der Waals surface area (Å²) in [6.45, 7) is 11.8. The van der Waals surface area contributed by atoms with Crippen molar-refractivity contribution >= 4 is 23.8 Å². The van der Waals surface area contributed by atoms with Gasteiger partial charge in [0.05, 0.1) is 22.6 Å². The zero-order chi connectivity index (χ0) is 20.3. The normalized spacial score (nSPS) is 11.0. The summed E-state index contributed by atoms with van der Waals surface area (Å²) in [7, 11) is 1.55. The Labute approximate surface area is 160 Å². The summed E-state index contributed by atoms with van der Waals surface area (Å²) in [6.07, 6.45) is 2.20. The molecule has 0 atom stereocenters. The standard InChI is InChI=1S/C20H27N5O2/c1-11(2)16-18(17(12(3)4)23-9-22-16)25(10-26)19-15(20(27)21-7)8-13(5)14(6)24-19/h8-12H,1-7H3,(H,21,27). The molecular weight excluding hydrogens is 342 g/mol. The number of amides is 2. The lowest BCUT2D eigenvalue weighted by Gasteiger charge is -2.26. The molecule has 2 heterocycles. The van der Waals surface area contributed by atoms with Crippen molar-refractivity contribution in [1.82, 2.24) is 20.3 Å². The SMILES string of the molecule is CNC(=O)c1cc(C)c(C)nc1N(C=O)c1c(C(C)C)ncnc1C(C)C. The van der Waals surface area contributed by atoms with Crippen LogP contribution >= 0.6 is 0 Å². The van der Waals surface area contributed by atoms with Crippen molar-refractivity contribution in [3.63, 3.8) is 0 Å². The highest BCUT2D eigenvalue weighted by molar-refractivity contribution is 6.03. The second-order valence-corrected chi connectivity index (χ2v) is 7.12. The molecule has 0 unspecified atom stereocenters. The highest BCUT2D eigenvalue weighted by Gasteiger charge is 2.27. The largest absolute Gasteiger partial charge is 0.355 e. The van der Waals surface area contributed by atoms with Gasteiger partial charge in [-0.1, -0.05) is 27.7 Å². The van der Waals surface area contributed by atoms with Crippen LogP contribution < -0.4 is 10.2 Å². The van der Waals surface area contributed by atoms with E-state index in [4.69, 9.17) is 0 Å². The fourth-order valence-electron chi connectivity index (χ4n) is 2.89. The van der Waals surface area contributed by atoms with Crippen LogP contribution in [0.3, 0.4) is 0 Å². The van der Waals surface area contributed by atoms with Crippen LogP contribution in [0.15, 0.2) is 12.4 Å². The minimum absolute atomic E-state index is 0.0675. The average molecular weight is 369 g/mol. The Hall–Kier alpha value is -2.83. The molecule has 0 radical (unpaired) electrons. The minimum atomic E-state index is -0.304. The topological polar surface area (TPSA) is 88.1 Å². The lowest BCUT2D eigenvalue weighted by molar-refractivity contribution is -0.106. The van der Waals surface area contributed by atoms with Gasteiger partial charge in [0.25, 0.3) is 5.91 Å². The van der Waals surface area contributed by atoms with E-state index in [2.05, 4.69) is 20.3 Å². The Kier molecular flexibility index (Phi) is 6.25. The molecule has 144 valence electrons. The molecule has 2 rings (SSSR count).